The number of carbonyl (C=O) groups excluding carboxylic acids is 1. The number of carboxylic acid groups (broad SMARTS) is 1. The Morgan fingerprint density at radius 1 is 1.13 bits per heavy atom. The van der Waals surface area contributed by atoms with Crippen molar-refractivity contribution >= 4 is 11.8 Å². The van der Waals surface area contributed by atoms with Crippen LogP contribution in [0, 0.1) is 5.41 Å². The minimum absolute atomic E-state index is 0.141. The molecule has 1 unspecified atom stereocenters. The SMILES string of the molecule is O=C(O)C1CCCN1C1=C(C(=O)C(F)(F)F)C2(CCCCC2)C1. The van der Waals surface area contributed by atoms with E-state index in [9.17, 15) is 27.9 Å². The van der Waals surface area contributed by atoms with E-state index in [1.807, 2.05) is 0 Å². The van der Waals surface area contributed by atoms with Gasteiger partial charge in [0.05, 0.1) is 0 Å². The average molecular weight is 331 g/mol. The van der Waals surface area contributed by atoms with Crippen molar-refractivity contribution in [2.75, 3.05) is 6.54 Å². The predicted octanol–water partition coefficient (Wildman–Crippen LogP) is 3.28. The molecule has 1 saturated heterocycles. The number of carbonyl (C=O) groups is 2. The van der Waals surface area contributed by atoms with Crippen molar-refractivity contribution < 1.29 is 27.9 Å². The lowest BCUT2D eigenvalue weighted by Crippen LogP contribution is -2.50. The van der Waals surface area contributed by atoms with Crippen molar-refractivity contribution in [3.8, 4) is 0 Å². The van der Waals surface area contributed by atoms with E-state index >= 15 is 0 Å². The molecule has 0 amide bonds. The first-order valence-corrected chi connectivity index (χ1v) is 8.11. The molecule has 0 aromatic heterocycles. The maximum absolute atomic E-state index is 13.1. The number of hydrogen-bond acceptors (Lipinski definition) is 3. The molecule has 1 spiro atoms. The molecule has 0 radical (unpaired) electrons. The molecule has 1 saturated carbocycles. The van der Waals surface area contributed by atoms with E-state index in [1.165, 1.54) is 4.90 Å². The second kappa shape index (κ2) is 5.53. The van der Waals surface area contributed by atoms with Crippen molar-refractivity contribution in [1.29, 1.82) is 0 Å². The Hall–Kier alpha value is -1.53. The van der Waals surface area contributed by atoms with E-state index in [0.717, 1.165) is 19.3 Å². The zero-order chi connectivity index (χ0) is 16.8. The fourth-order valence-corrected chi connectivity index (χ4v) is 4.46. The minimum atomic E-state index is -4.90. The summed E-state index contributed by atoms with van der Waals surface area (Å²) in [5.41, 5.74) is -0.483. The van der Waals surface area contributed by atoms with Crippen LogP contribution in [0.3, 0.4) is 0 Å². The Labute approximate surface area is 132 Å². The van der Waals surface area contributed by atoms with Crippen molar-refractivity contribution in [2.24, 2.45) is 5.41 Å². The van der Waals surface area contributed by atoms with Crippen LogP contribution in [0.1, 0.15) is 51.4 Å². The van der Waals surface area contributed by atoms with Crippen LogP contribution in [0.5, 0.6) is 0 Å². The Kier molecular flexibility index (Phi) is 3.92. The smallest absolute Gasteiger partial charge is 0.454 e. The molecule has 23 heavy (non-hydrogen) atoms. The van der Waals surface area contributed by atoms with Gasteiger partial charge >= 0.3 is 12.1 Å². The summed E-state index contributed by atoms with van der Waals surface area (Å²) in [6.45, 7) is 0.414. The van der Waals surface area contributed by atoms with Crippen molar-refractivity contribution in [3.63, 3.8) is 0 Å². The van der Waals surface area contributed by atoms with Crippen LogP contribution in [0.2, 0.25) is 0 Å². The van der Waals surface area contributed by atoms with E-state index in [1.54, 1.807) is 0 Å². The fourth-order valence-electron chi connectivity index (χ4n) is 4.46. The molecule has 3 aliphatic rings. The molecule has 7 heteroatoms. The molecule has 1 N–H and O–H groups in total. The number of allylic oxidation sites excluding steroid dienone is 2. The quantitative estimate of drug-likeness (QED) is 0.862. The van der Waals surface area contributed by atoms with Crippen LogP contribution in [-0.4, -0.2) is 40.5 Å². The fraction of sp³-hybridized carbons (Fsp3) is 0.750. The molecular weight excluding hydrogens is 311 g/mol. The number of likely N-dealkylation sites (tertiary alicyclic amines) is 1. The van der Waals surface area contributed by atoms with Crippen LogP contribution in [0.4, 0.5) is 13.2 Å². The van der Waals surface area contributed by atoms with Gasteiger partial charge in [-0.2, -0.15) is 13.2 Å². The largest absolute Gasteiger partial charge is 0.480 e. The molecule has 0 aromatic rings. The number of aliphatic carboxylic acids is 1. The summed E-state index contributed by atoms with van der Waals surface area (Å²) in [5, 5.41) is 9.27. The van der Waals surface area contributed by atoms with Crippen molar-refractivity contribution in [3.05, 3.63) is 11.3 Å². The average Bonchev–Trinajstić information content (AvgIpc) is 2.94. The molecule has 2 aliphatic carbocycles. The zero-order valence-electron chi connectivity index (χ0n) is 12.8. The molecule has 3 rings (SSSR count). The molecule has 2 fully saturated rings. The van der Waals surface area contributed by atoms with Crippen LogP contribution in [0.15, 0.2) is 11.3 Å². The monoisotopic (exact) mass is 331 g/mol. The third kappa shape index (κ3) is 2.64. The third-order valence-electron chi connectivity index (χ3n) is 5.50. The van der Waals surface area contributed by atoms with Gasteiger partial charge in [0.2, 0.25) is 0 Å². The van der Waals surface area contributed by atoms with Gasteiger partial charge in [-0.05, 0) is 32.1 Å². The summed E-state index contributed by atoms with van der Waals surface area (Å²) in [7, 11) is 0. The Morgan fingerprint density at radius 3 is 2.35 bits per heavy atom. The van der Waals surface area contributed by atoms with Gasteiger partial charge in [0.15, 0.2) is 0 Å². The molecule has 1 heterocycles. The van der Waals surface area contributed by atoms with E-state index < -0.39 is 29.4 Å². The summed E-state index contributed by atoms with van der Waals surface area (Å²) >= 11 is 0. The molecule has 4 nitrogen and oxygen atoms in total. The normalized spacial score (nSPS) is 27.3. The highest BCUT2D eigenvalue weighted by Gasteiger charge is 2.57. The Balaban J connectivity index is 1.99. The Morgan fingerprint density at radius 2 is 1.78 bits per heavy atom. The number of ketones is 1. The summed E-state index contributed by atoms with van der Waals surface area (Å²) in [6.07, 6.45) is 0.372. The maximum Gasteiger partial charge on any atom is 0.454 e. The Bertz CT molecular complexity index is 561. The molecule has 0 aromatic carbocycles. The van der Waals surface area contributed by atoms with E-state index in [0.29, 0.717) is 44.3 Å². The first-order valence-electron chi connectivity index (χ1n) is 8.11. The molecule has 1 aliphatic heterocycles. The predicted molar refractivity (Wildman–Crippen MR) is 75.6 cm³/mol. The molecule has 128 valence electrons. The zero-order valence-corrected chi connectivity index (χ0v) is 12.8. The van der Waals surface area contributed by atoms with Crippen LogP contribution in [-0.2, 0) is 9.59 Å². The molecular formula is C16H20F3NO3. The lowest BCUT2D eigenvalue weighted by molar-refractivity contribution is -0.169. The standard InChI is InChI=1S/C16H20F3NO3/c17-16(18,19)13(21)12-11(9-15(12)6-2-1-3-7-15)20-8-4-5-10(20)14(22)23/h10H,1-9H2,(H,22,23). The van der Waals surface area contributed by atoms with Gasteiger partial charge in [-0.3, -0.25) is 4.79 Å². The van der Waals surface area contributed by atoms with Crippen LogP contribution >= 0.6 is 0 Å². The van der Waals surface area contributed by atoms with Gasteiger partial charge in [-0.25, -0.2) is 4.79 Å². The lowest BCUT2D eigenvalue weighted by atomic mass is 9.57. The van der Waals surface area contributed by atoms with Gasteiger partial charge in [0.1, 0.15) is 6.04 Å². The van der Waals surface area contributed by atoms with Crippen molar-refractivity contribution in [1.82, 2.24) is 4.90 Å². The van der Waals surface area contributed by atoms with E-state index in [2.05, 4.69) is 0 Å². The van der Waals surface area contributed by atoms with Gasteiger partial charge in [0.25, 0.3) is 5.78 Å². The summed E-state index contributed by atoms with van der Waals surface area (Å²) in [6, 6.07) is -0.804. The second-order valence-electron chi connectivity index (χ2n) is 6.86. The number of Topliss-reactive ketones (excluding diaryl/α,β-unsaturated/α-hetero) is 1. The number of carboxylic acids is 1. The van der Waals surface area contributed by atoms with Gasteiger partial charge in [-0.15, -0.1) is 0 Å². The number of nitrogens with zero attached hydrogens (tertiary/aromatic N) is 1. The van der Waals surface area contributed by atoms with Crippen molar-refractivity contribution in [2.45, 2.75) is 63.6 Å². The first-order chi connectivity index (χ1) is 10.8. The minimum Gasteiger partial charge on any atom is -0.480 e. The number of alkyl halides is 3. The number of rotatable bonds is 3. The second-order valence-corrected chi connectivity index (χ2v) is 6.86. The van der Waals surface area contributed by atoms with Crippen LogP contribution < -0.4 is 0 Å². The molecule has 0 bridgehead atoms. The first kappa shape index (κ1) is 16.3. The van der Waals surface area contributed by atoms with Crippen LogP contribution in [0.25, 0.3) is 0 Å². The van der Waals surface area contributed by atoms with Gasteiger partial charge < -0.3 is 10.0 Å². The number of halogens is 3. The summed E-state index contributed by atoms with van der Waals surface area (Å²) in [5.74, 6) is -2.80. The summed E-state index contributed by atoms with van der Waals surface area (Å²) < 4.78 is 39.2. The third-order valence-corrected chi connectivity index (χ3v) is 5.50. The van der Waals surface area contributed by atoms with Gasteiger partial charge in [0, 0.05) is 23.2 Å². The van der Waals surface area contributed by atoms with Gasteiger partial charge in [-0.1, -0.05) is 19.3 Å². The highest BCUT2D eigenvalue weighted by atomic mass is 19.4. The van der Waals surface area contributed by atoms with E-state index in [4.69, 9.17) is 0 Å². The maximum atomic E-state index is 13.1. The number of hydrogen-bond donors (Lipinski definition) is 1. The van der Waals surface area contributed by atoms with E-state index in [-0.39, 0.29) is 5.57 Å². The highest BCUT2D eigenvalue weighted by molar-refractivity contribution is 6.03. The highest BCUT2D eigenvalue weighted by Crippen LogP contribution is 2.58. The topological polar surface area (TPSA) is 57.6 Å². The molecule has 1 atom stereocenters. The summed E-state index contributed by atoms with van der Waals surface area (Å²) in [4.78, 5) is 24.9. The lowest BCUT2D eigenvalue weighted by Gasteiger charge is -2.51.